The number of hydrogen-bond acceptors (Lipinski definition) is 1. The van der Waals surface area contributed by atoms with E-state index in [0.29, 0.717) is 0 Å². The summed E-state index contributed by atoms with van der Waals surface area (Å²) in [5, 5.41) is 3.76. The van der Waals surface area contributed by atoms with E-state index >= 15 is 0 Å². The third-order valence-corrected chi connectivity index (χ3v) is 3.77. The summed E-state index contributed by atoms with van der Waals surface area (Å²) in [5.74, 6) is 0. The lowest BCUT2D eigenvalue weighted by atomic mass is 9.99. The van der Waals surface area contributed by atoms with E-state index in [1.54, 1.807) is 6.08 Å². The Balaban J connectivity index is 2.33. The lowest BCUT2D eigenvalue weighted by Crippen LogP contribution is -1.93. The highest BCUT2D eigenvalue weighted by molar-refractivity contribution is 6.07. The summed E-state index contributed by atoms with van der Waals surface area (Å²) in [6.07, 6.45) is 6.72. The van der Waals surface area contributed by atoms with Gasteiger partial charge in [-0.05, 0) is 36.9 Å². The molecule has 0 bridgehead atoms. The minimum atomic E-state index is 0.829. The maximum atomic E-state index is 4.89. The summed E-state index contributed by atoms with van der Waals surface area (Å²) in [5.41, 5.74) is 4.72. The molecule has 1 aromatic heterocycles. The van der Waals surface area contributed by atoms with Crippen LogP contribution in [-0.4, -0.2) is 4.98 Å². The Bertz CT molecular complexity index is 856. The molecule has 2 aromatic carbocycles. The molecule has 0 aliphatic heterocycles. The first-order valence-corrected chi connectivity index (χ1v) is 7.26. The molecule has 0 atom stereocenters. The van der Waals surface area contributed by atoms with Crippen LogP contribution in [-0.2, 0) is 6.42 Å². The normalized spacial score (nSPS) is 11.5. The fraction of sp³-hybridized carbons (Fsp3) is 0.150. The van der Waals surface area contributed by atoms with Crippen molar-refractivity contribution in [3.05, 3.63) is 78.0 Å². The van der Waals surface area contributed by atoms with Gasteiger partial charge in [0.25, 0.3) is 0 Å². The van der Waals surface area contributed by atoms with Crippen LogP contribution in [0.4, 0.5) is 0 Å². The molecular formula is C20H19N. The molecule has 1 heteroatoms. The van der Waals surface area contributed by atoms with Gasteiger partial charge in [0.15, 0.2) is 0 Å². The fourth-order valence-electron chi connectivity index (χ4n) is 2.73. The number of aryl methyl sites for hydroxylation is 2. The molecule has 0 amide bonds. The van der Waals surface area contributed by atoms with Crippen LogP contribution in [0.3, 0.4) is 0 Å². The first-order valence-electron chi connectivity index (χ1n) is 7.26. The highest BCUT2D eigenvalue weighted by Gasteiger charge is 2.08. The van der Waals surface area contributed by atoms with E-state index in [2.05, 4.69) is 62.9 Å². The first-order chi connectivity index (χ1) is 10.2. The molecule has 0 N–H and O–H groups in total. The van der Waals surface area contributed by atoms with E-state index in [1.165, 1.54) is 27.3 Å². The number of allylic oxidation sites excluding steroid dienone is 3. The second-order valence-electron chi connectivity index (χ2n) is 5.50. The van der Waals surface area contributed by atoms with Gasteiger partial charge in [-0.25, -0.2) is 0 Å². The maximum absolute atomic E-state index is 4.89. The minimum Gasteiger partial charge on any atom is -0.252 e. The average Bonchev–Trinajstić information content (AvgIpc) is 2.47. The Hall–Kier alpha value is -2.41. The summed E-state index contributed by atoms with van der Waals surface area (Å²) >= 11 is 0. The molecule has 0 unspecified atom stereocenters. The third kappa shape index (κ3) is 2.59. The van der Waals surface area contributed by atoms with Crippen LogP contribution in [0.25, 0.3) is 21.7 Å². The van der Waals surface area contributed by atoms with Gasteiger partial charge in [0, 0.05) is 17.2 Å². The predicted octanol–water partition coefficient (Wildman–Crippen LogP) is 5.29. The van der Waals surface area contributed by atoms with Crippen molar-refractivity contribution in [2.24, 2.45) is 0 Å². The zero-order chi connectivity index (χ0) is 14.8. The van der Waals surface area contributed by atoms with Crippen molar-refractivity contribution in [3.8, 4) is 0 Å². The minimum absolute atomic E-state index is 0.829. The van der Waals surface area contributed by atoms with Crippen LogP contribution in [0.1, 0.15) is 16.8 Å². The van der Waals surface area contributed by atoms with Crippen LogP contribution in [0.2, 0.25) is 0 Å². The van der Waals surface area contributed by atoms with Gasteiger partial charge in [0.05, 0.1) is 11.2 Å². The molecule has 0 aliphatic carbocycles. The van der Waals surface area contributed by atoms with Crippen LogP contribution >= 0.6 is 0 Å². The van der Waals surface area contributed by atoms with E-state index in [-0.39, 0.29) is 0 Å². The Morgan fingerprint density at radius 1 is 0.952 bits per heavy atom. The molecule has 104 valence electrons. The molecule has 0 saturated carbocycles. The number of benzene rings is 2. The first kappa shape index (κ1) is 13.6. The van der Waals surface area contributed by atoms with Gasteiger partial charge in [-0.3, -0.25) is 4.98 Å². The van der Waals surface area contributed by atoms with Gasteiger partial charge < -0.3 is 0 Å². The monoisotopic (exact) mass is 273 g/mol. The smallest absolute Gasteiger partial charge is 0.0714 e. The Kier molecular flexibility index (Phi) is 3.57. The lowest BCUT2D eigenvalue weighted by molar-refractivity contribution is 1.17. The summed E-state index contributed by atoms with van der Waals surface area (Å²) in [7, 11) is 0. The molecule has 0 fully saturated rings. The van der Waals surface area contributed by atoms with E-state index in [4.69, 9.17) is 4.98 Å². The summed E-state index contributed by atoms with van der Waals surface area (Å²) in [6, 6.07) is 13.1. The van der Waals surface area contributed by atoms with Gasteiger partial charge in [0.2, 0.25) is 0 Å². The number of nitrogens with zero attached hydrogens (tertiary/aromatic N) is 1. The summed E-state index contributed by atoms with van der Waals surface area (Å²) in [4.78, 5) is 4.89. The van der Waals surface area contributed by atoms with E-state index in [9.17, 15) is 0 Å². The SMILES string of the molecule is C=CC=CCc1nc2cc(C)ccc2c2ccc(C)cc12. The molecule has 0 spiro atoms. The van der Waals surface area contributed by atoms with Crippen LogP contribution < -0.4 is 0 Å². The van der Waals surface area contributed by atoms with Crippen LogP contribution in [0.15, 0.2) is 61.2 Å². The number of fused-ring (bicyclic) bond motifs is 3. The number of pyridine rings is 1. The highest BCUT2D eigenvalue weighted by Crippen LogP contribution is 2.28. The molecule has 1 heterocycles. The molecular weight excluding hydrogens is 254 g/mol. The molecule has 3 aromatic rings. The highest BCUT2D eigenvalue weighted by atomic mass is 14.7. The number of rotatable bonds is 3. The Morgan fingerprint density at radius 2 is 1.67 bits per heavy atom. The van der Waals surface area contributed by atoms with E-state index in [1.807, 2.05) is 6.08 Å². The van der Waals surface area contributed by atoms with E-state index in [0.717, 1.165) is 17.6 Å². The van der Waals surface area contributed by atoms with Crippen molar-refractivity contribution in [1.82, 2.24) is 4.98 Å². The summed E-state index contributed by atoms with van der Waals surface area (Å²) < 4.78 is 0. The quantitative estimate of drug-likeness (QED) is 0.467. The number of hydrogen-bond donors (Lipinski definition) is 0. The second kappa shape index (κ2) is 5.53. The van der Waals surface area contributed by atoms with Gasteiger partial charge in [0.1, 0.15) is 0 Å². The second-order valence-corrected chi connectivity index (χ2v) is 5.50. The van der Waals surface area contributed by atoms with Crippen molar-refractivity contribution in [1.29, 1.82) is 0 Å². The molecule has 21 heavy (non-hydrogen) atoms. The average molecular weight is 273 g/mol. The van der Waals surface area contributed by atoms with Gasteiger partial charge in [-0.1, -0.05) is 54.6 Å². The van der Waals surface area contributed by atoms with Crippen molar-refractivity contribution in [2.75, 3.05) is 0 Å². The summed E-state index contributed by atoms with van der Waals surface area (Å²) in [6.45, 7) is 7.96. The zero-order valence-corrected chi connectivity index (χ0v) is 12.6. The van der Waals surface area contributed by atoms with Crippen molar-refractivity contribution in [3.63, 3.8) is 0 Å². The Morgan fingerprint density at radius 3 is 2.43 bits per heavy atom. The zero-order valence-electron chi connectivity index (χ0n) is 12.6. The van der Waals surface area contributed by atoms with Crippen molar-refractivity contribution < 1.29 is 0 Å². The van der Waals surface area contributed by atoms with Gasteiger partial charge in [-0.15, -0.1) is 0 Å². The topological polar surface area (TPSA) is 12.9 Å². The van der Waals surface area contributed by atoms with Gasteiger partial charge >= 0.3 is 0 Å². The standard InChI is InChI=1S/C20H19N/c1-4-5-6-7-19-18-12-14(2)8-10-16(18)17-11-9-15(3)13-20(17)21-19/h4-6,8-13H,1,7H2,2-3H3. The third-order valence-electron chi connectivity index (χ3n) is 3.77. The fourth-order valence-corrected chi connectivity index (χ4v) is 2.73. The maximum Gasteiger partial charge on any atom is 0.0714 e. The van der Waals surface area contributed by atoms with Crippen LogP contribution in [0, 0.1) is 13.8 Å². The van der Waals surface area contributed by atoms with Crippen molar-refractivity contribution >= 4 is 21.7 Å². The molecule has 0 aliphatic rings. The largest absolute Gasteiger partial charge is 0.252 e. The van der Waals surface area contributed by atoms with Crippen molar-refractivity contribution in [2.45, 2.75) is 20.3 Å². The predicted molar refractivity (Wildman–Crippen MR) is 91.8 cm³/mol. The molecule has 3 rings (SSSR count). The Labute approximate surface area is 125 Å². The van der Waals surface area contributed by atoms with E-state index < -0.39 is 0 Å². The molecule has 0 radical (unpaired) electrons. The van der Waals surface area contributed by atoms with Crippen LogP contribution in [0.5, 0.6) is 0 Å². The lowest BCUT2D eigenvalue weighted by Gasteiger charge is -2.10. The van der Waals surface area contributed by atoms with Gasteiger partial charge in [-0.2, -0.15) is 0 Å². The molecule has 1 nitrogen and oxygen atoms in total. The molecule has 0 saturated heterocycles. The number of aromatic nitrogens is 1.